The standard InChI is InChI=1S/C21H37N3O7S3/c1-7-21(5,19(25)15(4)31-9-3)23-33(26,27)18-13-16-17(22-8-2)14-24(11-10-12-30-6)34(28,29)20(16)32-18/h13,15,17,22-23H,7-12,14H2,1-6H3/t15-,17-,21?/m0/s1. The van der Waals surface area contributed by atoms with Gasteiger partial charge >= 0.3 is 0 Å². The van der Waals surface area contributed by atoms with Gasteiger partial charge in [0.1, 0.15) is 14.5 Å². The molecule has 0 fully saturated rings. The van der Waals surface area contributed by atoms with Gasteiger partial charge in [-0.15, -0.1) is 11.3 Å². The molecule has 0 radical (unpaired) electrons. The number of sulfonamides is 2. The molecule has 2 rings (SSSR count). The third kappa shape index (κ3) is 6.25. The highest BCUT2D eigenvalue weighted by molar-refractivity contribution is 7.94. The number of hydrogen-bond acceptors (Lipinski definition) is 9. The van der Waals surface area contributed by atoms with Crippen molar-refractivity contribution in [2.24, 2.45) is 0 Å². The Kier molecular flexibility index (Phi) is 10.2. The van der Waals surface area contributed by atoms with Gasteiger partial charge in [0.15, 0.2) is 5.78 Å². The number of methoxy groups -OCH3 is 1. The number of fused-ring (bicyclic) bond motifs is 1. The van der Waals surface area contributed by atoms with Gasteiger partial charge in [0, 0.05) is 45.0 Å². The van der Waals surface area contributed by atoms with Crippen LogP contribution in [0.15, 0.2) is 14.5 Å². The first-order valence-electron chi connectivity index (χ1n) is 11.4. The Hall–Kier alpha value is -0.930. The molecule has 34 heavy (non-hydrogen) atoms. The third-order valence-corrected chi connectivity index (χ3v) is 11.5. The summed E-state index contributed by atoms with van der Waals surface area (Å²) >= 11 is 0.709. The SMILES string of the molecule is CCN[C@H]1CN(CCCOC)S(=O)(=O)c2sc(S(=O)(=O)NC(C)(CC)C(=O)[C@H](C)OCC)cc21. The number of Topliss-reactive ketones (excluding diaryl/α,β-unsaturated/α-hetero) is 1. The molecule has 1 aromatic heterocycles. The third-order valence-electron chi connectivity index (χ3n) is 5.91. The molecule has 2 N–H and O–H groups in total. The van der Waals surface area contributed by atoms with Gasteiger partial charge < -0.3 is 14.8 Å². The average molecular weight is 540 g/mol. The zero-order valence-electron chi connectivity index (χ0n) is 20.7. The van der Waals surface area contributed by atoms with Gasteiger partial charge in [0.25, 0.3) is 20.0 Å². The Morgan fingerprint density at radius 1 is 1.35 bits per heavy atom. The molecule has 196 valence electrons. The van der Waals surface area contributed by atoms with E-state index >= 15 is 0 Å². The summed E-state index contributed by atoms with van der Waals surface area (Å²) in [5.41, 5.74) is -0.966. The van der Waals surface area contributed by atoms with Crippen LogP contribution in [0.4, 0.5) is 0 Å². The van der Waals surface area contributed by atoms with Crippen molar-refractivity contribution >= 4 is 37.2 Å². The van der Waals surface area contributed by atoms with Crippen LogP contribution in [-0.2, 0) is 34.3 Å². The minimum Gasteiger partial charge on any atom is -0.385 e. The largest absolute Gasteiger partial charge is 0.385 e. The molecular weight excluding hydrogens is 502 g/mol. The first-order valence-corrected chi connectivity index (χ1v) is 15.2. The lowest BCUT2D eigenvalue weighted by molar-refractivity contribution is -0.134. The monoisotopic (exact) mass is 539 g/mol. The number of rotatable bonds is 14. The van der Waals surface area contributed by atoms with Crippen molar-refractivity contribution in [1.29, 1.82) is 0 Å². The number of carbonyl (C=O) groups is 1. The average Bonchev–Trinajstić information content (AvgIpc) is 3.24. The molecule has 0 saturated carbocycles. The fraction of sp³-hybridized carbons (Fsp3) is 0.762. The summed E-state index contributed by atoms with van der Waals surface area (Å²) in [5.74, 6) is -0.385. The van der Waals surface area contributed by atoms with Crippen molar-refractivity contribution in [3.8, 4) is 0 Å². The zero-order chi connectivity index (χ0) is 25.7. The van der Waals surface area contributed by atoms with E-state index in [0.717, 1.165) is 0 Å². The molecule has 0 saturated heterocycles. The van der Waals surface area contributed by atoms with E-state index in [0.29, 0.717) is 43.1 Å². The second-order valence-corrected chi connectivity index (χ2v) is 13.5. The van der Waals surface area contributed by atoms with Crippen LogP contribution < -0.4 is 10.0 Å². The number of nitrogens with zero attached hydrogens (tertiary/aromatic N) is 1. The normalized spacial score (nSPS) is 21.1. The Morgan fingerprint density at radius 2 is 2.03 bits per heavy atom. The van der Waals surface area contributed by atoms with Gasteiger partial charge in [0.2, 0.25) is 0 Å². The molecule has 1 aliphatic rings. The lowest BCUT2D eigenvalue weighted by Crippen LogP contribution is -2.55. The fourth-order valence-corrected chi connectivity index (χ4v) is 9.23. The van der Waals surface area contributed by atoms with Crippen LogP contribution in [0.25, 0.3) is 0 Å². The summed E-state index contributed by atoms with van der Waals surface area (Å²) < 4.78 is 67.4. The van der Waals surface area contributed by atoms with Crippen molar-refractivity contribution in [3.63, 3.8) is 0 Å². The van der Waals surface area contributed by atoms with Crippen LogP contribution in [0.1, 0.15) is 59.1 Å². The molecule has 1 unspecified atom stereocenters. The van der Waals surface area contributed by atoms with E-state index in [2.05, 4.69) is 10.0 Å². The van der Waals surface area contributed by atoms with Crippen molar-refractivity contribution < 1.29 is 31.1 Å². The molecule has 0 aromatic carbocycles. The van der Waals surface area contributed by atoms with Gasteiger partial charge in [-0.3, -0.25) is 4.79 Å². The smallest absolute Gasteiger partial charge is 0.252 e. The predicted octanol–water partition coefficient (Wildman–Crippen LogP) is 1.88. The molecule has 1 aromatic rings. The summed E-state index contributed by atoms with van der Waals surface area (Å²) in [6.07, 6.45) is -0.0516. The maximum Gasteiger partial charge on any atom is 0.252 e. The summed E-state index contributed by atoms with van der Waals surface area (Å²) in [6.45, 7) is 10.3. The van der Waals surface area contributed by atoms with Gasteiger partial charge in [-0.1, -0.05) is 13.8 Å². The summed E-state index contributed by atoms with van der Waals surface area (Å²) in [5, 5.41) is 3.25. The van der Waals surface area contributed by atoms with Gasteiger partial charge in [-0.2, -0.15) is 9.03 Å². The molecule has 2 heterocycles. The lowest BCUT2D eigenvalue weighted by atomic mass is 9.91. The molecule has 1 aliphatic heterocycles. The van der Waals surface area contributed by atoms with Crippen LogP contribution >= 0.6 is 11.3 Å². The van der Waals surface area contributed by atoms with E-state index in [1.165, 1.54) is 17.3 Å². The van der Waals surface area contributed by atoms with E-state index < -0.39 is 31.7 Å². The highest BCUT2D eigenvalue weighted by Gasteiger charge is 2.43. The van der Waals surface area contributed by atoms with E-state index in [1.807, 2.05) is 6.92 Å². The highest BCUT2D eigenvalue weighted by atomic mass is 32.3. The van der Waals surface area contributed by atoms with Crippen molar-refractivity contribution in [2.45, 2.75) is 73.6 Å². The molecule has 0 spiro atoms. The van der Waals surface area contributed by atoms with E-state index in [1.54, 1.807) is 27.9 Å². The summed E-state index contributed by atoms with van der Waals surface area (Å²) in [7, 11) is -6.49. The van der Waals surface area contributed by atoms with Crippen LogP contribution in [-0.4, -0.2) is 78.5 Å². The van der Waals surface area contributed by atoms with E-state index in [9.17, 15) is 21.6 Å². The second kappa shape index (κ2) is 11.9. The Morgan fingerprint density at radius 3 is 2.59 bits per heavy atom. The van der Waals surface area contributed by atoms with Crippen LogP contribution in [0.3, 0.4) is 0 Å². The van der Waals surface area contributed by atoms with Gasteiger partial charge in [-0.25, -0.2) is 16.8 Å². The molecule has 0 amide bonds. The second-order valence-electron chi connectivity index (χ2n) is 8.38. The number of carbonyl (C=O) groups excluding carboxylic acids is 1. The van der Waals surface area contributed by atoms with E-state index in [-0.39, 0.29) is 39.8 Å². The van der Waals surface area contributed by atoms with Crippen molar-refractivity contribution in [2.75, 3.05) is 40.0 Å². The molecular formula is C21H37N3O7S3. The molecule has 0 bridgehead atoms. The molecule has 13 heteroatoms. The highest BCUT2D eigenvalue weighted by Crippen LogP contribution is 2.40. The predicted molar refractivity (Wildman–Crippen MR) is 131 cm³/mol. The maximum absolute atomic E-state index is 13.3. The fourth-order valence-electron chi connectivity index (χ4n) is 3.90. The molecule has 3 atom stereocenters. The van der Waals surface area contributed by atoms with Gasteiger partial charge in [0.05, 0.1) is 5.54 Å². The van der Waals surface area contributed by atoms with E-state index in [4.69, 9.17) is 9.47 Å². The van der Waals surface area contributed by atoms with Crippen LogP contribution in [0.2, 0.25) is 0 Å². The van der Waals surface area contributed by atoms with Gasteiger partial charge in [-0.05, 0) is 46.2 Å². The lowest BCUT2D eigenvalue weighted by Gasteiger charge is -2.32. The zero-order valence-corrected chi connectivity index (χ0v) is 23.2. The molecule has 10 nitrogen and oxygen atoms in total. The quantitative estimate of drug-likeness (QED) is 0.343. The Balaban J connectivity index is 2.44. The minimum atomic E-state index is -4.18. The summed E-state index contributed by atoms with van der Waals surface area (Å²) in [4.78, 5) is 12.9. The number of likely N-dealkylation sites (N-methyl/N-ethyl adjacent to an activating group) is 1. The minimum absolute atomic E-state index is 0.00899. The van der Waals surface area contributed by atoms with Crippen molar-refractivity contribution in [3.05, 3.63) is 11.6 Å². The Labute approximate surface area is 207 Å². The molecule has 0 aliphatic carbocycles. The number of ketones is 1. The number of ether oxygens (including phenoxy) is 2. The maximum atomic E-state index is 13.3. The van der Waals surface area contributed by atoms with Crippen molar-refractivity contribution in [1.82, 2.24) is 14.3 Å². The number of thiophene rings is 1. The van der Waals surface area contributed by atoms with Crippen LogP contribution in [0, 0.1) is 0 Å². The Bertz CT molecular complexity index is 1060. The topological polar surface area (TPSA) is 131 Å². The summed E-state index contributed by atoms with van der Waals surface area (Å²) in [6, 6.07) is 1.06. The van der Waals surface area contributed by atoms with Crippen LogP contribution in [0.5, 0.6) is 0 Å². The first-order chi connectivity index (χ1) is 15.9. The number of hydrogen-bond donors (Lipinski definition) is 2. The number of nitrogens with one attached hydrogen (secondary N) is 2. The first kappa shape index (κ1) is 29.3.